The monoisotopic (exact) mass is 519 g/mol. The van der Waals surface area contributed by atoms with E-state index in [1.165, 1.54) is 36.6 Å². The van der Waals surface area contributed by atoms with Crippen molar-refractivity contribution in [1.82, 2.24) is 10.7 Å². The van der Waals surface area contributed by atoms with E-state index < -0.39 is 16.7 Å². The fourth-order valence-corrected chi connectivity index (χ4v) is 3.52. The van der Waals surface area contributed by atoms with E-state index in [1.54, 1.807) is 24.3 Å². The van der Waals surface area contributed by atoms with Gasteiger partial charge in [-0.15, -0.1) is 0 Å². The van der Waals surface area contributed by atoms with Crippen molar-refractivity contribution in [2.75, 3.05) is 18.0 Å². The van der Waals surface area contributed by atoms with E-state index in [0.29, 0.717) is 10.6 Å². The maximum Gasteiger partial charge on any atom is 0.287 e. The van der Waals surface area contributed by atoms with Gasteiger partial charge in [-0.25, -0.2) is 5.43 Å². The number of non-ortho nitro benzene ring substituents is 1. The Kier molecular flexibility index (Phi) is 9.51. The quantitative estimate of drug-likeness (QED) is 0.169. The van der Waals surface area contributed by atoms with Gasteiger partial charge in [0.1, 0.15) is 5.70 Å². The molecule has 0 heterocycles. The third-order valence-corrected chi connectivity index (χ3v) is 5.67. The van der Waals surface area contributed by atoms with Crippen LogP contribution in [0.25, 0.3) is 6.08 Å². The number of benzene rings is 3. The number of hydrogen-bond acceptors (Lipinski definition) is 6. The third kappa shape index (κ3) is 7.74. The van der Waals surface area contributed by atoms with Crippen molar-refractivity contribution in [3.8, 4) is 0 Å². The topological polar surface area (TPSA) is 117 Å². The Hall–Kier alpha value is -4.50. The molecule has 2 amide bonds. The van der Waals surface area contributed by atoms with Gasteiger partial charge in [0.15, 0.2) is 0 Å². The van der Waals surface area contributed by atoms with Gasteiger partial charge in [0, 0.05) is 41.5 Å². The first kappa shape index (κ1) is 27.1. The van der Waals surface area contributed by atoms with Crippen molar-refractivity contribution in [3.63, 3.8) is 0 Å². The second kappa shape index (κ2) is 13.0. The number of anilines is 1. The molecule has 37 heavy (non-hydrogen) atoms. The van der Waals surface area contributed by atoms with E-state index in [2.05, 4.69) is 34.6 Å². The highest BCUT2D eigenvalue weighted by molar-refractivity contribution is 6.30. The van der Waals surface area contributed by atoms with Gasteiger partial charge < -0.3 is 10.2 Å². The molecule has 0 aliphatic heterocycles. The predicted octanol–water partition coefficient (Wildman–Crippen LogP) is 5.02. The van der Waals surface area contributed by atoms with Crippen LogP contribution in [0.5, 0.6) is 0 Å². The van der Waals surface area contributed by atoms with E-state index in [1.807, 2.05) is 24.3 Å². The summed E-state index contributed by atoms with van der Waals surface area (Å²) in [6, 6.07) is 19.5. The average molecular weight is 520 g/mol. The van der Waals surface area contributed by atoms with Crippen molar-refractivity contribution in [1.29, 1.82) is 0 Å². The number of nitro groups is 1. The largest absolute Gasteiger partial charge is 0.372 e. The lowest BCUT2D eigenvalue weighted by molar-refractivity contribution is -0.384. The molecule has 0 saturated carbocycles. The molecule has 0 atom stereocenters. The van der Waals surface area contributed by atoms with Crippen LogP contribution in [-0.4, -0.2) is 36.0 Å². The van der Waals surface area contributed by atoms with Crippen LogP contribution < -0.4 is 15.6 Å². The number of halogens is 1. The van der Waals surface area contributed by atoms with Gasteiger partial charge in [-0.1, -0.05) is 35.9 Å². The average Bonchev–Trinajstić information content (AvgIpc) is 2.91. The Morgan fingerprint density at radius 3 is 2.11 bits per heavy atom. The second-order valence-corrected chi connectivity index (χ2v) is 8.27. The SMILES string of the molecule is CCN(CC)c1ccc(/C=C(/NC(=O)c2ccc([N+](=O)[O-])cc2)C(=O)N/N=C/c2ccc(Cl)cc2)cc1. The number of amides is 2. The number of carbonyl (C=O) groups is 2. The number of hydrogen-bond donors (Lipinski definition) is 2. The van der Waals surface area contributed by atoms with Gasteiger partial charge in [-0.3, -0.25) is 19.7 Å². The number of carbonyl (C=O) groups excluding carboxylic acids is 2. The summed E-state index contributed by atoms with van der Waals surface area (Å²) in [5.41, 5.74) is 4.82. The molecule has 0 aromatic heterocycles. The van der Waals surface area contributed by atoms with Crippen molar-refractivity contribution in [3.05, 3.63) is 110 Å². The Bertz CT molecular complexity index is 1300. The first-order chi connectivity index (χ1) is 17.8. The molecular formula is C27H26ClN5O4. The highest BCUT2D eigenvalue weighted by Gasteiger charge is 2.16. The molecule has 0 saturated heterocycles. The second-order valence-electron chi connectivity index (χ2n) is 7.83. The Labute approximate surface area is 219 Å². The molecule has 3 aromatic rings. The van der Waals surface area contributed by atoms with Crippen molar-refractivity contribution in [2.45, 2.75) is 13.8 Å². The number of nitrogens with zero attached hydrogens (tertiary/aromatic N) is 3. The summed E-state index contributed by atoms with van der Waals surface area (Å²) in [7, 11) is 0. The third-order valence-electron chi connectivity index (χ3n) is 5.42. The summed E-state index contributed by atoms with van der Waals surface area (Å²) in [6.07, 6.45) is 2.98. The van der Waals surface area contributed by atoms with E-state index in [0.717, 1.165) is 24.3 Å². The minimum Gasteiger partial charge on any atom is -0.372 e. The van der Waals surface area contributed by atoms with Gasteiger partial charge in [0.05, 0.1) is 11.1 Å². The number of nitro benzene ring substituents is 1. The minimum absolute atomic E-state index is 0.0489. The van der Waals surface area contributed by atoms with E-state index in [-0.39, 0.29) is 16.9 Å². The Morgan fingerprint density at radius 2 is 1.54 bits per heavy atom. The lowest BCUT2D eigenvalue weighted by atomic mass is 10.1. The zero-order chi connectivity index (χ0) is 26.8. The van der Waals surface area contributed by atoms with E-state index >= 15 is 0 Å². The molecule has 10 heteroatoms. The van der Waals surface area contributed by atoms with Gasteiger partial charge in [-0.05, 0) is 67.4 Å². The van der Waals surface area contributed by atoms with Crippen molar-refractivity contribution >= 4 is 47.1 Å². The van der Waals surface area contributed by atoms with E-state index in [4.69, 9.17) is 11.6 Å². The van der Waals surface area contributed by atoms with Crippen LogP contribution in [0, 0.1) is 10.1 Å². The predicted molar refractivity (Wildman–Crippen MR) is 146 cm³/mol. The fraction of sp³-hybridized carbons (Fsp3) is 0.148. The molecule has 3 aromatic carbocycles. The normalized spacial score (nSPS) is 11.3. The smallest absolute Gasteiger partial charge is 0.287 e. The number of hydrazone groups is 1. The summed E-state index contributed by atoms with van der Waals surface area (Å²) in [4.78, 5) is 38.3. The van der Waals surface area contributed by atoms with Gasteiger partial charge >= 0.3 is 0 Å². The number of rotatable bonds is 10. The molecule has 190 valence electrons. The Morgan fingerprint density at radius 1 is 0.946 bits per heavy atom. The van der Waals surface area contributed by atoms with Crippen LogP contribution in [-0.2, 0) is 4.79 Å². The van der Waals surface area contributed by atoms with Crippen molar-refractivity contribution in [2.24, 2.45) is 5.10 Å². The van der Waals surface area contributed by atoms with Crippen molar-refractivity contribution < 1.29 is 14.5 Å². The molecular weight excluding hydrogens is 494 g/mol. The summed E-state index contributed by atoms with van der Waals surface area (Å²) >= 11 is 5.88. The van der Waals surface area contributed by atoms with Crippen LogP contribution in [0.2, 0.25) is 5.02 Å². The molecule has 2 N–H and O–H groups in total. The molecule has 0 unspecified atom stereocenters. The zero-order valence-corrected chi connectivity index (χ0v) is 21.1. The lowest BCUT2D eigenvalue weighted by Crippen LogP contribution is -2.32. The zero-order valence-electron chi connectivity index (χ0n) is 20.3. The molecule has 3 rings (SSSR count). The fourth-order valence-electron chi connectivity index (χ4n) is 3.40. The number of nitrogens with one attached hydrogen (secondary N) is 2. The summed E-state index contributed by atoms with van der Waals surface area (Å²) in [5.74, 6) is -1.24. The summed E-state index contributed by atoms with van der Waals surface area (Å²) in [5, 5.41) is 18.0. The highest BCUT2D eigenvalue weighted by atomic mass is 35.5. The van der Waals surface area contributed by atoms with E-state index in [9.17, 15) is 19.7 Å². The van der Waals surface area contributed by atoms with Crippen LogP contribution in [0.1, 0.15) is 35.3 Å². The Balaban J connectivity index is 1.83. The summed E-state index contributed by atoms with van der Waals surface area (Å²) in [6.45, 7) is 5.85. The van der Waals surface area contributed by atoms with Crippen LogP contribution in [0.4, 0.5) is 11.4 Å². The van der Waals surface area contributed by atoms with Crippen LogP contribution >= 0.6 is 11.6 Å². The maximum absolute atomic E-state index is 12.9. The van der Waals surface area contributed by atoms with Gasteiger partial charge in [0.25, 0.3) is 17.5 Å². The van der Waals surface area contributed by atoms with Crippen LogP contribution in [0.15, 0.2) is 83.6 Å². The highest BCUT2D eigenvalue weighted by Crippen LogP contribution is 2.17. The molecule has 9 nitrogen and oxygen atoms in total. The maximum atomic E-state index is 12.9. The molecule has 0 radical (unpaired) electrons. The molecule has 0 bridgehead atoms. The first-order valence-corrected chi connectivity index (χ1v) is 11.9. The lowest BCUT2D eigenvalue weighted by Gasteiger charge is -2.20. The first-order valence-electron chi connectivity index (χ1n) is 11.5. The molecule has 0 fully saturated rings. The minimum atomic E-state index is -0.645. The van der Waals surface area contributed by atoms with Crippen LogP contribution in [0.3, 0.4) is 0 Å². The molecule has 0 aliphatic carbocycles. The van der Waals surface area contributed by atoms with Gasteiger partial charge in [0.2, 0.25) is 0 Å². The van der Waals surface area contributed by atoms with Gasteiger partial charge in [-0.2, -0.15) is 5.10 Å². The summed E-state index contributed by atoms with van der Waals surface area (Å²) < 4.78 is 0. The molecule has 0 spiro atoms. The molecule has 0 aliphatic rings. The standard InChI is InChI=1S/C27H26ClN5O4/c1-3-32(4-2)23-13-7-19(8-14-23)17-25(27(35)31-29-18-20-5-11-22(28)12-6-20)30-26(34)21-9-15-24(16-10-21)33(36)37/h5-18H,3-4H2,1-2H3,(H,30,34)(H,31,35)/b25-17+,29-18+.